The maximum absolute atomic E-state index is 12.0. The molecule has 0 N–H and O–H groups in total. The number of nitrogens with zero attached hydrogens (tertiary/aromatic N) is 1. The quantitative estimate of drug-likeness (QED) is 0.730. The molecule has 0 unspecified atom stereocenters. The summed E-state index contributed by atoms with van der Waals surface area (Å²) in [6, 6.07) is 10.3. The van der Waals surface area contributed by atoms with Gasteiger partial charge in [0.15, 0.2) is 0 Å². The molecule has 0 heterocycles. The Morgan fingerprint density at radius 1 is 1.32 bits per heavy atom. The molecule has 1 aromatic rings. The van der Waals surface area contributed by atoms with E-state index in [9.17, 15) is 4.79 Å². The van der Waals surface area contributed by atoms with Crippen molar-refractivity contribution >= 4 is 17.5 Å². The monoisotopic (exact) mass is 279 g/mol. The van der Waals surface area contributed by atoms with E-state index < -0.39 is 0 Å². The number of hydrogen-bond donors (Lipinski definition) is 0. The first-order chi connectivity index (χ1) is 9.15. The Kier molecular flexibility index (Phi) is 5.26. The molecule has 0 radical (unpaired) electrons. The lowest BCUT2D eigenvalue weighted by Gasteiger charge is -2.34. The number of rotatable bonds is 6. The lowest BCUT2D eigenvalue weighted by atomic mass is 9.84. The number of benzene rings is 1. The highest BCUT2D eigenvalue weighted by Crippen LogP contribution is 2.32. The van der Waals surface area contributed by atoms with Crippen molar-refractivity contribution in [1.82, 2.24) is 4.90 Å². The summed E-state index contributed by atoms with van der Waals surface area (Å²) in [4.78, 5) is 13.9. The Morgan fingerprint density at radius 3 is 2.63 bits per heavy atom. The molecule has 0 aliphatic heterocycles. The molecule has 0 spiro atoms. The van der Waals surface area contributed by atoms with Crippen LogP contribution in [0.25, 0.3) is 0 Å². The minimum atomic E-state index is 0.258. The van der Waals surface area contributed by atoms with E-state index in [0.717, 1.165) is 32.2 Å². The van der Waals surface area contributed by atoms with E-state index >= 15 is 0 Å². The number of alkyl halides is 1. The average molecular weight is 280 g/mol. The predicted molar refractivity (Wildman–Crippen MR) is 79.4 cm³/mol. The van der Waals surface area contributed by atoms with E-state index in [4.69, 9.17) is 11.6 Å². The van der Waals surface area contributed by atoms with Crippen molar-refractivity contribution in [2.24, 2.45) is 5.92 Å². The predicted octanol–water partition coefficient (Wildman–Crippen LogP) is 3.49. The molecule has 1 amide bonds. The first kappa shape index (κ1) is 14.4. The SMILES string of the molecule is CN(CC1CC(Cl)C1)C(=O)CCCc1ccccc1. The second-order valence-electron chi connectivity index (χ2n) is 5.55. The van der Waals surface area contributed by atoms with Gasteiger partial charge in [-0.1, -0.05) is 30.3 Å². The fourth-order valence-corrected chi connectivity index (χ4v) is 3.08. The van der Waals surface area contributed by atoms with Gasteiger partial charge in [-0.3, -0.25) is 4.79 Å². The summed E-state index contributed by atoms with van der Waals surface area (Å²) in [5.74, 6) is 0.875. The average Bonchev–Trinajstić information content (AvgIpc) is 2.38. The zero-order valence-electron chi connectivity index (χ0n) is 11.5. The van der Waals surface area contributed by atoms with Crippen LogP contribution in [-0.2, 0) is 11.2 Å². The fourth-order valence-electron chi connectivity index (χ4n) is 2.57. The topological polar surface area (TPSA) is 20.3 Å². The van der Waals surface area contributed by atoms with Crippen molar-refractivity contribution in [3.05, 3.63) is 35.9 Å². The molecule has 1 aromatic carbocycles. The van der Waals surface area contributed by atoms with Crippen LogP contribution in [0, 0.1) is 5.92 Å². The zero-order valence-corrected chi connectivity index (χ0v) is 12.3. The van der Waals surface area contributed by atoms with Gasteiger partial charge in [0.2, 0.25) is 5.91 Å². The summed E-state index contributed by atoms with van der Waals surface area (Å²) in [5.41, 5.74) is 1.31. The van der Waals surface area contributed by atoms with Crippen molar-refractivity contribution in [2.75, 3.05) is 13.6 Å². The van der Waals surface area contributed by atoms with Crippen LogP contribution in [0.4, 0.5) is 0 Å². The van der Waals surface area contributed by atoms with Crippen LogP contribution in [0.5, 0.6) is 0 Å². The van der Waals surface area contributed by atoms with E-state index in [1.807, 2.05) is 30.1 Å². The Morgan fingerprint density at radius 2 is 2.00 bits per heavy atom. The lowest BCUT2D eigenvalue weighted by Crippen LogP contribution is -2.37. The van der Waals surface area contributed by atoms with Crippen LogP contribution in [0.1, 0.15) is 31.2 Å². The third kappa shape index (κ3) is 4.54. The molecule has 1 saturated carbocycles. The van der Waals surface area contributed by atoms with Gasteiger partial charge in [0, 0.05) is 25.4 Å². The van der Waals surface area contributed by atoms with Gasteiger partial charge in [-0.15, -0.1) is 11.6 Å². The van der Waals surface area contributed by atoms with Crippen molar-refractivity contribution in [2.45, 2.75) is 37.5 Å². The van der Waals surface area contributed by atoms with Gasteiger partial charge in [-0.05, 0) is 37.2 Å². The third-order valence-corrected chi connectivity index (χ3v) is 4.19. The summed E-state index contributed by atoms with van der Waals surface area (Å²) >= 11 is 5.95. The fraction of sp³-hybridized carbons (Fsp3) is 0.562. The molecule has 2 rings (SSSR count). The number of amides is 1. The molecule has 0 atom stereocenters. The van der Waals surface area contributed by atoms with Crippen LogP contribution >= 0.6 is 11.6 Å². The molecule has 0 aromatic heterocycles. The highest BCUT2D eigenvalue weighted by Gasteiger charge is 2.28. The number of aryl methyl sites for hydroxylation is 1. The van der Waals surface area contributed by atoms with Crippen molar-refractivity contribution in [1.29, 1.82) is 0 Å². The second-order valence-corrected chi connectivity index (χ2v) is 6.17. The molecule has 0 bridgehead atoms. The molecule has 104 valence electrons. The van der Waals surface area contributed by atoms with Gasteiger partial charge in [0.1, 0.15) is 0 Å². The van der Waals surface area contributed by atoms with Crippen LogP contribution in [-0.4, -0.2) is 29.8 Å². The Bertz CT molecular complexity index is 400. The Balaban J connectivity index is 1.63. The van der Waals surface area contributed by atoms with E-state index in [-0.39, 0.29) is 5.91 Å². The molecule has 19 heavy (non-hydrogen) atoms. The first-order valence-electron chi connectivity index (χ1n) is 7.07. The highest BCUT2D eigenvalue weighted by molar-refractivity contribution is 6.21. The van der Waals surface area contributed by atoms with Crippen LogP contribution in [0.2, 0.25) is 0 Å². The molecule has 2 nitrogen and oxygen atoms in total. The van der Waals surface area contributed by atoms with E-state index in [1.54, 1.807) is 0 Å². The highest BCUT2D eigenvalue weighted by atomic mass is 35.5. The van der Waals surface area contributed by atoms with E-state index in [0.29, 0.717) is 17.7 Å². The summed E-state index contributed by atoms with van der Waals surface area (Å²) in [7, 11) is 1.91. The maximum atomic E-state index is 12.0. The molecule has 1 fully saturated rings. The standard InChI is InChI=1S/C16H22ClNO/c1-18(12-14-10-15(17)11-14)16(19)9-5-8-13-6-3-2-4-7-13/h2-4,6-7,14-15H,5,8-12H2,1H3. The van der Waals surface area contributed by atoms with Crippen molar-refractivity contribution < 1.29 is 4.79 Å². The Labute approximate surface area is 120 Å². The second kappa shape index (κ2) is 6.95. The smallest absolute Gasteiger partial charge is 0.222 e. The zero-order chi connectivity index (χ0) is 13.7. The van der Waals surface area contributed by atoms with E-state index in [2.05, 4.69) is 12.1 Å². The van der Waals surface area contributed by atoms with Crippen molar-refractivity contribution in [3.8, 4) is 0 Å². The normalized spacial score (nSPS) is 21.8. The lowest BCUT2D eigenvalue weighted by molar-refractivity contribution is -0.130. The minimum Gasteiger partial charge on any atom is -0.345 e. The first-order valence-corrected chi connectivity index (χ1v) is 7.50. The summed E-state index contributed by atoms with van der Waals surface area (Å²) in [6.07, 6.45) is 4.67. The largest absolute Gasteiger partial charge is 0.345 e. The Hall–Kier alpha value is -1.02. The number of halogens is 1. The van der Waals surface area contributed by atoms with Gasteiger partial charge in [-0.25, -0.2) is 0 Å². The molecular formula is C16H22ClNO. The summed E-state index contributed by atoms with van der Waals surface area (Å²) in [6.45, 7) is 0.868. The summed E-state index contributed by atoms with van der Waals surface area (Å²) in [5, 5.41) is 0.339. The van der Waals surface area contributed by atoms with Crippen LogP contribution in [0.15, 0.2) is 30.3 Å². The number of carbonyl (C=O) groups excluding carboxylic acids is 1. The molecule has 1 aliphatic carbocycles. The maximum Gasteiger partial charge on any atom is 0.222 e. The van der Waals surface area contributed by atoms with Gasteiger partial charge < -0.3 is 4.90 Å². The van der Waals surface area contributed by atoms with Gasteiger partial charge in [-0.2, -0.15) is 0 Å². The van der Waals surface area contributed by atoms with Gasteiger partial charge in [0.05, 0.1) is 0 Å². The van der Waals surface area contributed by atoms with Gasteiger partial charge in [0.25, 0.3) is 0 Å². The minimum absolute atomic E-state index is 0.258. The molecule has 1 aliphatic rings. The third-order valence-electron chi connectivity index (χ3n) is 3.83. The van der Waals surface area contributed by atoms with Crippen LogP contribution in [0.3, 0.4) is 0 Å². The molecular weight excluding hydrogens is 258 g/mol. The van der Waals surface area contributed by atoms with Gasteiger partial charge >= 0.3 is 0 Å². The van der Waals surface area contributed by atoms with E-state index in [1.165, 1.54) is 5.56 Å². The molecule has 3 heteroatoms. The summed E-state index contributed by atoms with van der Waals surface area (Å²) < 4.78 is 0. The van der Waals surface area contributed by atoms with Crippen molar-refractivity contribution in [3.63, 3.8) is 0 Å². The van der Waals surface area contributed by atoms with Crippen LogP contribution < -0.4 is 0 Å². The number of hydrogen-bond acceptors (Lipinski definition) is 1. The number of carbonyl (C=O) groups is 1. The molecule has 0 saturated heterocycles.